The first-order valence-corrected chi connectivity index (χ1v) is 5.91. The molecular formula is C12H14O3S. The van der Waals surface area contributed by atoms with E-state index in [0.717, 1.165) is 0 Å². The summed E-state index contributed by atoms with van der Waals surface area (Å²) in [6.07, 6.45) is 2.80. The number of hydrogen-bond donors (Lipinski definition) is 0. The first-order chi connectivity index (χ1) is 7.69. The third kappa shape index (κ3) is 3.31. The Balaban J connectivity index is 2.67. The highest BCUT2D eigenvalue weighted by Crippen LogP contribution is 2.19. The van der Waals surface area contributed by atoms with Gasteiger partial charge >= 0.3 is 5.97 Å². The summed E-state index contributed by atoms with van der Waals surface area (Å²) in [4.78, 5) is 24.0. The molecule has 1 heterocycles. The number of rotatable bonds is 6. The molecule has 3 nitrogen and oxygen atoms in total. The van der Waals surface area contributed by atoms with E-state index < -0.39 is 0 Å². The quantitative estimate of drug-likeness (QED) is 0.434. The minimum atomic E-state index is -0.365. The SMILES string of the molecule is C=CCCC(=O)c1ccc(C(=O)OCC)s1. The number of carbonyl (C=O) groups is 2. The van der Waals surface area contributed by atoms with Crippen LogP contribution in [0.15, 0.2) is 24.8 Å². The lowest BCUT2D eigenvalue weighted by Crippen LogP contribution is -2.01. The van der Waals surface area contributed by atoms with E-state index in [1.54, 1.807) is 25.1 Å². The molecule has 0 aliphatic carbocycles. The fourth-order valence-electron chi connectivity index (χ4n) is 1.16. The lowest BCUT2D eigenvalue weighted by molar-refractivity contribution is 0.0532. The van der Waals surface area contributed by atoms with Crippen LogP contribution >= 0.6 is 11.3 Å². The fourth-order valence-corrected chi connectivity index (χ4v) is 2.02. The molecule has 0 aliphatic heterocycles. The molecule has 0 atom stereocenters. The van der Waals surface area contributed by atoms with Gasteiger partial charge in [0, 0.05) is 6.42 Å². The number of allylic oxidation sites excluding steroid dienone is 1. The Hall–Kier alpha value is -1.42. The predicted octanol–water partition coefficient (Wildman–Crippen LogP) is 3.07. The van der Waals surface area contributed by atoms with Gasteiger partial charge in [0.25, 0.3) is 0 Å². The Morgan fingerprint density at radius 3 is 2.75 bits per heavy atom. The Bertz CT molecular complexity index is 393. The van der Waals surface area contributed by atoms with E-state index in [1.807, 2.05) is 0 Å². The molecule has 16 heavy (non-hydrogen) atoms. The second kappa shape index (κ2) is 6.23. The lowest BCUT2D eigenvalue weighted by atomic mass is 10.2. The van der Waals surface area contributed by atoms with E-state index in [9.17, 15) is 9.59 Å². The van der Waals surface area contributed by atoms with Crippen LogP contribution < -0.4 is 0 Å². The number of hydrogen-bond acceptors (Lipinski definition) is 4. The van der Waals surface area contributed by atoms with Gasteiger partial charge in [-0.3, -0.25) is 4.79 Å². The Labute approximate surface area is 98.7 Å². The van der Waals surface area contributed by atoms with Crippen molar-refractivity contribution < 1.29 is 14.3 Å². The lowest BCUT2D eigenvalue weighted by Gasteiger charge is -1.97. The minimum Gasteiger partial charge on any atom is -0.462 e. The predicted molar refractivity (Wildman–Crippen MR) is 64.0 cm³/mol. The van der Waals surface area contributed by atoms with Crippen LogP contribution in [0.25, 0.3) is 0 Å². The summed E-state index contributed by atoms with van der Waals surface area (Å²) in [5.41, 5.74) is 0. The average Bonchev–Trinajstić information content (AvgIpc) is 2.75. The molecule has 86 valence electrons. The molecule has 0 saturated heterocycles. The fraction of sp³-hybridized carbons (Fsp3) is 0.333. The van der Waals surface area contributed by atoms with Crippen LogP contribution in [0.2, 0.25) is 0 Å². The second-order valence-corrected chi connectivity index (χ2v) is 4.22. The summed E-state index contributed by atoms with van der Waals surface area (Å²) in [5.74, 6) is -0.323. The Morgan fingerprint density at radius 2 is 2.12 bits per heavy atom. The Kier molecular flexibility index (Phi) is 4.92. The normalized spacial score (nSPS) is 9.81. The van der Waals surface area contributed by atoms with Crippen molar-refractivity contribution in [2.75, 3.05) is 6.61 Å². The van der Waals surface area contributed by atoms with Crippen LogP contribution in [0.4, 0.5) is 0 Å². The van der Waals surface area contributed by atoms with Crippen molar-refractivity contribution in [3.63, 3.8) is 0 Å². The zero-order chi connectivity index (χ0) is 12.0. The monoisotopic (exact) mass is 238 g/mol. The van der Waals surface area contributed by atoms with E-state index >= 15 is 0 Å². The Morgan fingerprint density at radius 1 is 1.44 bits per heavy atom. The summed E-state index contributed by atoms with van der Waals surface area (Å²) in [6.45, 7) is 5.66. The molecule has 0 aliphatic rings. The summed E-state index contributed by atoms with van der Waals surface area (Å²) in [5, 5.41) is 0. The van der Waals surface area contributed by atoms with Gasteiger partial charge in [-0.2, -0.15) is 0 Å². The van der Waals surface area contributed by atoms with Crippen LogP contribution in [0, 0.1) is 0 Å². The molecule has 0 amide bonds. The van der Waals surface area contributed by atoms with Crippen molar-refractivity contribution in [3.8, 4) is 0 Å². The molecule has 0 unspecified atom stereocenters. The first-order valence-electron chi connectivity index (χ1n) is 5.10. The number of Topliss-reactive ketones (excluding diaryl/α,β-unsaturated/α-hetero) is 1. The largest absolute Gasteiger partial charge is 0.462 e. The third-order valence-electron chi connectivity index (χ3n) is 1.93. The van der Waals surface area contributed by atoms with Crippen LogP contribution in [-0.2, 0) is 4.74 Å². The zero-order valence-corrected chi connectivity index (χ0v) is 10.0. The van der Waals surface area contributed by atoms with Gasteiger partial charge in [0.2, 0.25) is 0 Å². The van der Waals surface area contributed by atoms with Gasteiger partial charge in [-0.15, -0.1) is 17.9 Å². The number of esters is 1. The molecule has 0 spiro atoms. The summed E-state index contributed by atoms with van der Waals surface area (Å²) in [6, 6.07) is 3.30. The van der Waals surface area contributed by atoms with Crippen LogP contribution in [0.5, 0.6) is 0 Å². The van der Waals surface area contributed by atoms with Crippen molar-refractivity contribution in [2.45, 2.75) is 19.8 Å². The van der Waals surface area contributed by atoms with Gasteiger partial charge in [0.1, 0.15) is 4.88 Å². The van der Waals surface area contributed by atoms with Crippen LogP contribution in [0.1, 0.15) is 39.1 Å². The summed E-state index contributed by atoms with van der Waals surface area (Å²) >= 11 is 1.18. The van der Waals surface area contributed by atoms with E-state index in [0.29, 0.717) is 29.2 Å². The van der Waals surface area contributed by atoms with Crippen molar-refractivity contribution in [1.29, 1.82) is 0 Å². The van der Waals surface area contributed by atoms with E-state index in [1.165, 1.54) is 11.3 Å². The second-order valence-electron chi connectivity index (χ2n) is 3.13. The van der Waals surface area contributed by atoms with Crippen molar-refractivity contribution in [2.24, 2.45) is 0 Å². The summed E-state index contributed by atoms with van der Waals surface area (Å²) in [7, 11) is 0. The maximum Gasteiger partial charge on any atom is 0.348 e. The first kappa shape index (κ1) is 12.6. The average molecular weight is 238 g/mol. The van der Waals surface area contributed by atoms with Gasteiger partial charge in [0.15, 0.2) is 5.78 Å². The molecule has 0 N–H and O–H groups in total. The number of ketones is 1. The molecule has 0 radical (unpaired) electrons. The van der Waals surface area contributed by atoms with Crippen LogP contribution in [-0.4, -0.2) is 18.4 Å². The summed E-state index contributed by atoms with van der Waals surface area (Å²) < 4.78 is 4.85. The molecule has 1 rings (SSSR count). The third-order valence-corrected chi connectivity index (χ3v) is 3.04. The molecule has 0 fully saturated rings. The highest BCUT2D eigenvalue weighted by molar-refractivity contribution is 7.15. The number of carbonyl (C=O) groups excluding carboxylic acids is 2. The highest BCUT2D eigenvalue weighted by Gasteiger charge is 2.13. The maximum atomic E-state index is 11.6. The molecule has 0 bridgehead atoms. The highest BCUT2D eigenvalue weighted by atomic mass is 32.1. The minimum absolute atomic E-state index is 0.0421. The van der Waals surface area contributed by atoms with Gasteiger partial charge in [-0.1, -0.05) is 6.08 Å². The van der Waals surface area contributed by atoms with Gasteiger partial charge in [-0.25, -0.2) is 4.79 Å². The van der Waals surface area contributed by atoms with E-state index in [2.05, 4.69) is 6.58 Å². The standard InChI is InChI=1S/C12H14O3S/c1-3-5-6-9(13)10-7-8-11(16-10)12(14)15-4-2/h3,7-8H,1,4-6H2,2H3. The van der Waals surface area contributed by atoms with Crippen LogP contribution in [0.3, 0.4) is 0 Å². The van der Waals surface area contributed by atoms with Crippen molar-refractivity contribution in [1.82, 2.24) is 0 Å². The smallest absolute Gasteiger partial charge is 0.348 e. The molecular weight excluding hydrogens is 224 g/mol. The van der Waals surface area contributed by atoms with Gasteiger partial charge < -0.3 is 4.74 Å². The van der Waals surface area contributed by atoms with E-state index in [-0.39, 0.29) is 11.8 Å². The van der Waals surface area contributed by atoms with E-state index in [4.69, 9.17) is 4.74 Å². The molecule has 4 heteroatoms. The molecule has 1 aromatic rings. The number of thiophene rings is 1. The molecule has 0 saturated carbocycles. The van der Waals surface area contributed by atoms with Gasteiger partial charge in [-0.05, 0) is 25.5 Å². The van der Waals surface area contributed by atoms with Gasteiger partial charge in [0.05, 0.1) is 11.5 Å². The number of ether oxygens (including phenoxy) is 1. The topological polar surface area (TPSA) is 43.4 Å². The van der Waals surface area contributed by atoms with Crippen molar-refractivity contribution >= 4 is 23.1 Å². The zero-order valence-electron chi connectivity index (χ0n) is 9.19. The van der Waals surface area contributed by atoms with Crippen molar-refractivity contribution in [3.05, 3.63) is 34.5 Å². The maximum absolute atomic E-state index is 11.6. The molecule has 0 aromatic carbocycles. The molecule has 1 aromatic heterocycles.